The molecule has 7 heteroatoms. The lowest BCUT2D eigenvalue weighted by Crippen LogP contribution is -2.49. The van der Waals surface area contributed by atoms with Crippen molar-refractivity contribution in [1.82, 2.24) is 15.1 Å². The number of allylic oxidation sites excluding steroid dienone is 1. The number of benzene rings is 1. The molecule has 0 fully saturated rings. The van der Waals surface area contributed by atoms with E-state index in [1.54, 1.807) is 12.1 Å². The summed E-state index contributed by atoms with van der Waals surface area (Å²) >= 11 is 5.53. The highest BCUT2D eigenvalue weighted by atomic mass is 32.1. The van der Waals surface area contributed by atoms with E-state index >= 15 is 0 Å². The smallest absolute Gasteiger partial charge is 0.337 e. The zero-order valence-electron chi connectivity index (χ0n) is 15.7. The second-order valence-corrected chi connectivity index (χ2v) is 6.49. The third kappa shape index (κ3) is 4.40. The Morgan fingerprint density at radius 3 is 2.65 bits per heavy atom. The average Bonchev–Trinajstić information content (AvgIpc) is 2.63. The molecule has 0 amide bonds. The highest BCUT2D eigenvalue weighted by molar-refractivity contribution is 7.80. The molecule has 2 rings (SSSR count). The Morgan fingerprint density at radius 1 is 1.38 bits per heavy atom. The molecule has 26 heavy (non-hydrogen) atoms. The van der Waals surface area contributed by atoms with Crippen LogP contribution in [0.1, 0.15) is 32.4 Å². The Labute approximate surface area is 159 Å². The molecule has 1 aromatic carbocycles. The second kappa shape index (κ2) is 9.09. The number of hydrogen-bond acceptors (Lipinski definition) is 4. The van der Waals surface area contributed by atoms with Crippen molar-refractivity contribution >= 4 is 23.3 Å². The second-order valence-electron chi connectivity index (χ2n) is 6.11. The minimum atomic E-state index is -0.532. The predicted octanol–water partition coefficient (Wildman–Crippen LogP) is 2.85. The van der Waals surface area contributed by atoms with Crippen LogP contribution >= 0.6 is 12.2 Å². The van der Waals surface area contributed by atoms with Crippen LogP contribution in [-0.2, 0) is 9.53 Å². The zero-order valence-corrected chi connectivity index (χ0v) is 16.5. The molecule has 1 N–H and O–H groups in total. The van der Waals surface area contributed by atoms with Crippen LogP contribution in [0.3, 0.4) is 0 Å². The fourth-order valence-corrected chi connectivity index (χ4v) is 3.49. The summed E-state index contributed by atoms with van der Waals surface area (Å²) in [6.07, 6.45) is 0. The number of carbonyl (C=O) groups is 1. The third-order valence-corrected chi connectivity index (χ3v) is 5.06. The van der Waals surface area contributed by atoms with Gasteiger partial charge < -0.3 is 19.9 Å². The van der Waals surface area contributed by atoms with E-state index in [0.29, 0.717) is 22.8 Å². The van der Waals surface area contributed by atoms with E-state index in [2.05, 4.69) is 24.1 Å². The van der Waals surface area contributed by atoms with E-state index in [0.717, 1.165) is 25.3 Å². The van der Waals surface area contributed by atoms with E-state index in [-0.39, 0.29) is 5.82 Å². The van der Waals surface area contributed by atoms with Crippen LogP contribution in [0.15, 0.2) is 35.5 Å². The highest BCUT2D eigenvalue weighted by Crippen LogP contribution is 2.31. The van der Waals surface area contributed by atoms with Gasteiger partial charge in [0.1, 0.15) is 5.82 Å². The van der Waals surface area contributed by atoms with Gasteiger partial charge in [0.25, 0.3) is 0 Å². The number of ether oxygens (including phenoxy) is 1. The molecule has 1 aliphatic rings. The van der Waals surface area contributed by atoms with Crippen LogP contribution in [0.5, 0.6) is 0 Å². The summed E-state index contributed by atoms with van der Waals surface area (Å²) in [5.41, 5.74) is 1.82. The number of esters is 1. The molecule has 1 heterocycles. The Morgan fingerprint density at radius 2 is 2.08 bits per heavy atom. The first kappa shape index (κ1) is 20.3. The van der Waals surface area contributed by atoms with Crippen LogP contribution in [-0.4, -0.2) is 54.2 Å². The maximum Gasteiger partial charge on any atom is 0.337 e. The lowest BCUT2D eigenvalue weighted by Gasteiger charge is -2.38. The lowest BCUT2D eigenvalue weighted by atomic mass is 9.95. The van der Waals surface area contributed by atoms with Crippen LogP contribution in [0.2, 0.25) is 0 Å². The zero-order chi connectivity index (χ0) is 19.3. The molecule has 0 spiro atoms. The van der Waals surface area contributed by atoms with Gasteiger partial charge >= 0.3 is 5.97 Å². The van der Waals surface area contributed by atoms with Crippen molar-refractivity contribution in [2.75, 3.05) is 33.3 Å². The van der Waals surface area contributed by atoms with E-state index in [1.165, 1.54) is 19.2 Å². The van der Waals surface area contributed by atoms with Crippen molar-refractivity contribution in [2.45, 2.75) is 26.8 Å². The summed E-state index contributed by atoms with van der Waals surface area (Å²) in [6, 6.07) is 5.63. The topological polar surface area (TPSA) is 44.8 Å². The average molecular weight is 380 g/mol. The quantitative estimate of drug-likeness (QED) is 0.581. The number of halogens is 1. The molecule has 0 bridgehead atoms. The van der Waals surface area contributed by atoms with Crippen molar-refractivity contribution in [3.63, 3.8) is 0 Å². The number of nitrogens with zero attached hydrogens (tertiary/aromatic N) is 2. The number of nitrogens with one attached hydrogen (secondary N) is 1. The van der Waals surface area contributed by atoms with E-state index in [1.807, 2.05) is 11.8 Å². The normalized spacial score (nSPS) is 17.5. The molecule has 0 aromatic heterocycles. The summed E-state index contributed by atoms with van der Waals surface area (Å²) in [6.45, 7) is 9.46. The van der Waals surface area contributed by atoms with Crippen LogP contribution < -0.4 is 5.32 Å². The Bertz CT molecular complexity index is 704. The van der Waals surface area contributed by atoms with Gasteiger partial charge in [-0.15, -0.1) is 0 Å². The monoisotopic (exact) mass is 379 g/mol. The molecule has 1 atom stereocenters. The summed E-state index contributed by atoms with van der Waals surface area (Å²) in [5.74, 6) is -0.805. The molecule has 1 aliphatic heterocycles. The molecule has 0 radical (unpaired) electrons. The Balaban J connectivity index is 2.38. The summed E-state index contributed by atoms with van der Waals surface area (Å²) in [7, 11) is 1.35. The van der Waals surface area contributed by atoms with Crippen molar-refractivity contribution in [3.8, 4) is 0 Å². The van der Waals surface area contributed by atoms with Crippen molar-refractivity contribution in [2.24, 2.45) is 0 Å². The van der Waals surface area contributed by atoms with Gasteiger partial charge in [-0.1, -0.05) is 26.0 Å². The first-order valence-corrected chi connectivity index (χ1v) is 9.18. The minimum Gasteiger partial charge on any atom is -0.466 e. The standard InChI is InChI=1S/C19H26FN3O2S/c1-5-22(6-2)10-11-23-13(3)16(18(24)25-4)17(21-19(23)26)14-8-7-9-15(20)12-14/h7-9,12,17H,5-6,10-11H2,1-4H3,(H,21,26)/t17-/m0/s1. The molecule has 0 unspecified atom stereocenters. The number of carbonyl (C=O) groups excluding carboxylic acids is 1. The maximum atomic E-state index is 13.7. The van der Waals surface area contributed by atoms with Gasteiger partial charge in [0.05, 0.1) is 18.7 Å². The fourth-order valence-electron chi connectivity index (χ4n) is 3.14. The lowest BCUT2D eigenvalue weighted by molar-refractivity contribution is -0.136. The SMILES string of the molecule is CCN(CC)CCN1C(=S)N[C@@H](c2cccc(F)c2)C(C(=O)OC)=C1C. The molecule has 142 valence electrons. The molecule has 1 aromatic rings. The predicted molar refractivity (Wildman–Crippen MR) is 104 cm³/mol. The number of methoxy groups -OCH3 is 1. The van der Waals surface area contributed by atoms with Gasteiger partial charge in [0, 0.05) is 18.8 Å². The molecular weight excluding hydrogens is 353 g/mol. The van der Waals surface area contributed by atoms with Gasteiger partial charge in [-0.25, -0.2) is 9.18 Å². The van der Waals surface area contributed by atoms with Gasteiger partial charge in [0.15, 0.2) is 5.11 Å². The summed E-state index contributed by atoms with van der Waals surface area (Å²) in [5, 5.41) is 3.70. The van der Waals surface area contributed by atoms with E-state index < -0.39 is 12.0 Å². The number of hydrogen-bond donors (Lipinski definition) is 1. The molecule has 0 saturated heterocycles. The maximum absolute atomic E-state index is 13.7. The number of likely N-dealkylation sites (N-methyl/N-ethyl adjacent to an activating group) is 1. The van der Waals surface area contributed by atoms with E-state index in [9.17, 15) is 9.18 Å². The van der Waals surface area contributed by atoms with Gasteiger partial charge in [-0.3, -0.25) is 0 Å². The fraction of sp³-hybridized carbons (Fsp3) is 0.474. The van der Waals surface area contributed by atoms with E-state index in [4.69, 9.17) is 17.0 Å². The van der Waals surface area contributed by atoms with Crippen LogP contribution in [0.4, 0.5) is 4.39 Å². The largest absolute Gasteiger partial charge is 0.466 e. The molecule has 0 saturated carbocycles. The Kier molecular flexibility index (Phi) is 7.11. The third-order valence-electron chi connectivity index (χ3n) is 4.72. The highest BCUT2D eigenvalue weighted by Gasteiger charge is 2.34. The number of thiocarbonyl (C=S) groups is 1. The first-order chi connectivity index (χ1) is 12.4. The van der Waals surface area contributed by atoms with Crippen molar-refractivity contribution in [3.05, 3.63) is 46.9 Å². The summed E-state index contributed by atoms with van der Waals surface area (Å²) < 4.78 is 18.7. The van der Waals surface area contributed by atoms with Gasteiger partial charge in [-0.05, 0) is 49.9 Å². The van der Waals surface area contributed by atoms with Gasteiger partial charge in [-0.2, -0.15) is 0 Å². The Hall–Kier alpha value is -1.99. The minimum absolute atomic E-state index is 0.360. The molecular formula is C19H26FN3O2S. The number of rotatable bonds is 7. The molecule has 5 nitrogen and oxygen atoms in total. The summed E-state index contributed by atoms with van der Waals surface area (Å²) in [4.78, 5) is 16.7. The van der Waals surface area contributed by atoms with Crippen molar-refractivity contribution in [1.29, 1.82) is 0 Å². The molecule has 0 aliphatic carbocycles. The van der Waals surface area contributed by atoms with Crippen molar-refractivity contribution < 1.29 is 13.9 Å². The first-order valence-electron chi connectivity index (χ1n) is 8.77. The van der Waals surface area contributed by atoms with Crippen LogP contribution in [0, 0.1) is 5.82 Å². The van der Waals surface area contributed by atoms with Crippen LogP contribution in [0.25, 0.3) is 0 Å². The van der Waals surface area contributed by atoms with Gasteiger partial charge in [0.2, 0.25) is 0 Å².